The van der Waals surface area contributed by atoms with Crippen LogP contribution < -0.4 is 5.32 Å². The number of nitrogens with one attached hydrogen (secondary N) is 1. The Hall–Kier alpha value is -2.64. The third-order valence-electron chi connectivity index (χ3n) is 3.14. The molecular weight excluding hydrogens is 371 g/mol. The van der Waals surface area contributed by atoms with Gasteiger partial charge in [0.25, 0.3) is 5.91 Å². The number of hydrogen-bond acceptors (Lipinski definition) is 5. The Morgan fingerprint density at radius 2 is 1.92 bits per heavy atom. The Labute approximate surface area is 152 Å². The van der Waals surface area contributed by atoms with Crippen LogP contribution in [-0.2, 0) is 4.74 Å². The summed E-state index contributed by atoms with van der Waals surface area (Å²) in [6.07, 6.45) is 0. The zero-order chi connectivity index (χ0) is 18.6. The van der Waals surface area contributed by atoms with Gasteiger partial charge in [-0.1, -0.05) is 29.3 Å². The van der Waals surface area contributed by atoms with E-state index in [1.54, 1.807) is 6.92 Å². The number of ether oxygens (including phenoxy) is 1. The first-order chi connectivity index (χ1) is 11.8. The molecule has 0 aliphatic carbocycles. The van der Waals surface area contributed by atoms with Crippen molar-refractivity contribution < 1.29 is 19.2 Å². The maximum atomic E-state index is 12.4. The van der Waals surface area contributed by atoms with Crippen LogP contribution in [0.2, 0.25) is 10.0 Å². The van der Waals surface area contributed by atoms with Crippen LogP contribution in [-0.4, -0.2) is 23.4 Å². The molecule has 0 aliphatic rings. The number of rotatable bonds is 5. The van der Waals surface area contributed by atoms with Crippen molar-refractivity contribution in [2.24, 2.45) is 0 Å². The number of carbonyl (C=O) groups is 2. The van der Waals surface area contributed by atoms with E-state index >= 15 is 0 Å². The third-order valence-corrected chi connectivity index (χ3v) is 3.68. The first-order valence-corrected chi connectivity index (χ1v) is 7.81. The smallest absolute Gasteiger partial charge is 0.340 e. The van der Waals surface area contributed by atoms with Gasteiger partial charge in [0.1, 0.15) is 10.6 Å². The fourth-order valence-electron chi connectivity index (χ4n) is 2.08. The summed E-state index contributed by atoms with van der Waals surface area (Å²) in [5, 5.41) is 13.7. The predicted octanol–water partition coefficient (Wildman–Crippen LogP) is 4.33. The van der Waals surface area contributed by atoms with E-state index in [-0.39, 0.29) is 33.5 Å². The second kappa shape index (κ2) is 7.96. The highest BCUT2D eigenvalue weighted by Gasteiger charge is 2.25. The fourth-order valence-corrected chi connectivity index (χ4v) is 2.49. The van der Waals surface area contributed by atoms with Crippen molar-refractivity contribution in [2.75, 3.05) is 11.9 Å². The molecule has 0 atom stereocenters. The molecule has 0 aliphatic heterocycles. The molecule has 1 N–H and O–H groups in total. The van der Waals surface area contributed by atoms with Gasteiger partial charge in [-0.05, 0) is 37.3 Å². The van der Waals surface area contributed by atoms with Gasteiger partial charge in [-0.2, -0.15) is 0 Å². The molecule has 9 heteroatoms. The second-order valence-corrected chi connectivity index (χ2v) is 5.60. The topological polar surface area (TPSA) is 98.5 Å². The van der Waals surface area contributed by atoms with Crippen LogP contribution in [0.25, 0.3) is 0 Å². The number of halogens is 2. The highest BCUT2D eigenvalue weighted by atomic mass is 35.5. The predicted molar refractivity (Wildman–Crippen MR) is 93.5 cm³/mol. The lowest BCUT2D eigenvalue weighted by atomic mass is 10.1. The molecule has 0 saturated carbocycles. The van der Waals surface area contributed by atoms with E-state index < -0.39 is 22.5 Å². The van der Waals surface area contributed by atoms with Crippen LogP contribution in [0.4, 0.5) is 11.4 Å². The van der Waals surface area contributed by atoms with Crippen molar-refractivity contribution in [1.29, 1.82) is 0 Å². The molecule has 0 bridgehead atoms. The van der Waals surface area contributed by atoms with E-state index in [4.69, 9.17) is 27.9 Å². The Kier molecular flexibility index (Phi) is 5.95. The summed E-state index contributed by atoms with van der Waals surface area (Å²) in [7, 11) is 0. The summed E-state index contributed by atoms with van der Waals surface area (Å²) >= 11 is 11.7. The maximum Gasteiger partial charge on any atom is 0.340 e. The number of para-hydroxylation sites is 1. The molecule has 0 radical (unpaired) electrons. The molecule has 2 aromatic carbocycles. The maximum absolute atomic E-state index is 12.4. The molecule has 2 rings (SSSR count). The Morgan fingerprint density at radius 1 is 1.20 bits per heavy atom. The molecule has 130 valence electrons. The number of hydrogen-bond donors (Lipinski definition) is 1. The lowest BCUT2D eigenvalue weighted by molar-refractivity contribution is -0.385. The lowest BCUT2D eigenvalue weighted by Gasteiger charge is -2.11. The molecule has 0 aromatic heterocycles. The molecule has 0 heterocycles. The molecule has 0 saturated heterocycles. The minimum atomic E-state index is -0.790. The number of nitrogens with zero attached hydrogens (tertiary/aromatic N) is 1. The van der Waals surface area contributed by atoms with Crippen molar-refractivity contribution >= 4 is 46.5 Å². The minimum absolute atomic E-state index is 0.0346. The first kappa shape index (κ1) is 18.7. The van der Waals surface area contributed by atoms with Crippen molar-refractivity contribution in [2.45, 2.75) is 6.92 Å². The average molecular weight is 383 g/mol. The van der Waals surface area contributed by atoms with Gasteiger partial charge >= 0.3 is 11.7 Å². The summed E-state index contributed by atoms with van der Waals surface area (Å²) in [4.78, 5) is 34.9. The largest absolute Gasteiger partial charge is 0.462 e. The zero-order valence-electron chi connectivity index (χ0n) is 12.9. The Morgan fingerprint density at radius 3 is 2.56 bits per heavy atom. The summed E-state index contributed by atoms with van der Waals surface area (Å²) in [6.45, 7) is 1.77. The molecule has 1 amide bonds. The van der Waals surface area contributed by atoms with Crippen molar-refractivity contribution in [3.8, 4) is 0 Å². The van der Waals surface area contributed by atoms with Gasteiger partial charge in [0.2, 0.25) is 0 Å². The molecular formula is C16H12Cl2N2O5. The number of nitro benzene ring substituents is 1. The number of carbonyl (C=O) groups excluding carboxylic acids is 2. The number of amides is 1. The van der Waals surface area contributed by atoms with E-state index in [2.05, 4.69) is 5.32 Å². The summed E-state index contributed by atoms with van der Waals surface area (Å²) in [5.41, 5.74) is -0.606. The quantitative estimate of drug-likeness (QED) is 0.471. The van der Waals surface area contributed by atoms with E-state index in [0.717, 1.165) is 0 Å². The minimum Gasteiger partial charge on any atom is -0.462 e. The second-order valence-electron chi connectivity index (χ2n) is 4.76. The van der Waals surface area contributed by atoms with Crippen LogP contribution in [0.5, 0.6) is 0 Å². The van der Waals surface area contributed by atoms with Crippen LogP contribution in [0.15, 0.2) is 36.4 Å². The zero-order valence-corrected chi connectivity index (χ0v) is 14.4. The molecule has 0 unspecified atom stereocenters. The van der Waals surface area contributed by atoms with E-state index in [1.165, 1.54) is 36.4 Å². The summed E-state index contributed by atoms with van der Waals surface area (Å²) in [6, 6.07) is 8.19. The van der Waals surface area contributed by atoms with Gasteiger partial charge in [-0.15, -0.1) is 0 Å². The summed E-state index contributed by atoms with van der Waals surface area (Å²) in [5.74, 6) is -1.47. The number of esters is 1. The van der Waals surface area contributed by atoms with E-state index in [9.17, 15) is 19.7 Å². The standard InChI is InChI=1S/C16H12Cl2N2O5/c1-2-25-16(22)11-8-9(17)6-7-13(11)19-15(21)10-4-3-5-12(18)14(10)20(23)24/h3-8H,2H2,1H3,(H,19,21). The van der Waals surface area contributed by atoms with Gasteiger partial charge < -0.3 is 10.1 Å². The third kappa shape index (κ3) is 4.26. The van der Waals surface area contributed by atoms with Crippen LogP contribution in [0.3, 0.4) is 0 Å². The van der Waals surface area contributed by atoms with Gasteiger partial charge in [-0.3, -0.25) is 14.9 Å². The Balaban J connectivity index is 2.41. The van der Waals surface area contributed by atoms with Crippen LogP contribution in [0, 0.1) is 10.1 Å². The lowest BCUT2D eigenvalue weighted by Crippen LogP contribution is -2.17. The number of nitro groups is 1. The number of anilines is 1. The van der Waals surface area contributed by atoms with E-state index in [0.29, 0.717) is 0 Å². The van der Waals surface area contributed by atoms with Crippen molar-refractivity contribution in [1.82, 2.24) is 0 Å². The highest BCUT2D eigenvalue weighted by molar-refractivity contribution is 6.33. The molecule has 25 heavy (non-hydrogen) atoms. The number of benzene rings is 2. The van der Waals surface area contributed by atoms with Gasteiger partial charge in [0.05, 0.1) is 22.8 Å². The highest BCUT2D eigenvalue weighted by Crippen LogP contribution is 2.29. The van der Waals surface area contributed by atoms with E-state index in [1.807, 2.05) is 0 Å². The normalized spacial score (nSPS) is 10.2. The van der Waals surface area contributed by atoms with Gasteiger partial charge in [0, 0.05) is 5.02 Å². The molecule has 2 aromatic rings. The first-order valence-electron chi connectivity index (χ1n) is 7.06. The SMILES string of the molecule is CCOC(=O)c1cc(Cl)ccc1NC(=O)c1cccc(Cl)c1[N+](=O)[O-]. The average Bonchev–Trinajstić information content (AvgIpc) is 2.56. The van der Waals surface area contributed by atoms with Crippen molar-refractivity contribution in [3.05, 3.63) is 67.7 Å². The Bertz CT molecular complexity index is 854. The van der Waals surface area contributed by atoms with Crippen LogP contribution >= 0.6 is 23.2 Å². The van der Waals surface area contributed by atoms with Crippen molar-refractivity contribution in [3.63, 3.8) is 0 Å². The van der Waals surface area contributed by atoms with Gasteiger partial charge in [0.15, 0.2) is 0 Å². The fraction of sp³-hybridized carbons (Fsp3) is 0.125. The monoisotopic (exact) mass is 382 g/mol. The van der Waals surface area contributed by atoms with Gasteiger partial charge in [-0.25, -0.2) is 4.79 Å². The molecule has 0 spiro atoms. The molecule has 7 nitrogen and oxygen atoms in total. The molecule has 0 fully saturated rings. The van der Waals surface area contributed by atoms with Crippen LogP contribution in [0.1, 0.15) is 27.6 Å². The summed E-state index contributed by atoms with van der Waals surface area (Å²) < 4.78 is 4.91.